The Balaban J connectivity index is 0.00000242. The second-order valence-corrected chi connectivity index (χ2v) is 6.77. The van der Waals surface area contributed by atoms with Gasteiger partial charge in [-0.15, -0.1) is 23.7 Å². The average Bonchev–Trinajstić information content (AvgIpc) is 2.91. The number of rotatable bonds is 6. The van der Waals surface area contributed by atoms with E-state index < -0.39 is 0 Å². The van der Waals surface area contributed by atoms with Crippen LogP contribution in [0.15, 0.2) is 40.2 Å². The average molecular weight is 404 g/mol. The topological polar surface area (TPSA) is 41.1 Å². The summed E-state index contributed by atoms with van der Waals surface area (Å²) in [6.45, 7) is 4.84. The van der Waals surface area contributed by atoms with Gasteiger partial charge in [-0.3, -0.25) is 4.79 Å². The van der Waals surface area contributed by atoms with Crippen molar-refractivity contribution in [1.29, 1.82) is 0 Å². The molecule has 0 aliphatic rings. The predicted octanol–water partition coefficient (Wildman–Crippen LogP) is 5.13. The summed E-state index contributed by atoms with van der Waals surface area (Å²) < 4.78 is 1.13. The zero-order valence-corrected chi connectivity index (χ0v) is 15.8. The lowest BCUT2D eigenvalue weighted by atomic mass is 10.1. The molecule has 6 heteroatoms. The van der Waals surface area contributed by atoms with Crippen LogP contribution >= 0.6 is 39.7 Å². The van der Waals surface area contributed by atoms with Gasteiger partial charge in [-0.2, -0.15) is 0 Å². The van der Waals surface area contributed by atoms with E-state index in [2.05, 4.69) is 44.9 Å². The summed E-state index contributed by atoms with van der Waals surface area (Å²) in [6.07, 6.45) is 0.496. The molecule has 2 aromatic rings. The van der Waals surface area contributed by atoms with Crippen molar-refractivity contribution in [2.24, 2.45) is 0 Å². The van der Waals surface area contributed by atoms with Gasteiger partial charge in [0.05, 0.1) is 0 Å². The number of thiophene rings is 1. The number of halogens is 2. The van der Waals surface area contributed by atoms with E-state index in [0.717, 1.165) is 16.7 Å². The van der Waals surface area contributed by atoms with E-state index in [1.807, 2.05) is 31.2 Å². The van der Waals surface area contributed by atoms with Crippen molar-refractivity contribution in [3.05, 3.63) is 50.6 Å². The van der Waals surface area contributed by atoms with Gasteiger partial charge in [0.15, 0.2) is 0 Å². The number of anilines is 1. The lowest BCUT2D eigenvalue weighted by molar-refractivity contribution is -0.115. The standard InChI is InChI=1S/C16H19BrN2OS.ClH/c1-3-16(20)19-14-6-4-12(5-7-14)11(2)18-9-15-8-13(17)10-21-15;/h4-8,10-11,18H,3,9H2,1-2H3,(H,19,20);1H. The van der Waals surface area contributed by atoms with Gasteiger partial charge in [-0.1, -0.05) is 19.1 Å². The van der Waals surface area contributed by atoms with Crippen LogP contribution in [0.2, 0.25) is 0 Å². The highest BCUT2D eigenvalue weighted by Crippen LogP contribution is 2.21. The summed E-state index contributed by atoms with van der Waals surface area (Å²) >= 11 is 5.21. The summed E-state index contributed by atoms with van der Waals surface area (Å²) in [4.78, 5) is 12.6. The van der Waals surface area contributed by atoms with Gasteiger partial charge in [0.1, 0.15) is 0 Å². The van der Waals surface area contributed by atoms with Crippen LogP contribution in [0.4, 0.5) is 5.69 Å². The number of carbonyl (C=O) groups is 1. The highest BCUT2D eigenvalue weighted by molar-refractivity contribution is 9.10. The molecule has 1 atom stereocenters. The molecule has 0 bridgehead atoms. The van der Waals surface area contributed by atoms with E-state index in [0.29, 0.717) is 6.42 Å². The van der Waals surface area contributed by atoms with Crippen molar-refractivity contribution in [2.75, 3.05) is 5.32 Å². The minimum atomic E-state index is 0. The van der Waals surface area contributed by atoms with Crippen molar-refractivity contribution >= 4 is 51.3 Å². The Hall–Kier alpha value is -0.880. The molecule has 0 fully saturated rings. The molecule has 2 N–H and O–H groups in total. The number of carbonyl (C=O) groups excluding carboxylic acids is 1. The Morgan fingerprint density at radius 1 is 1.32 bits per heavy atom. The second kappa shape index (κ2) is 9.30. The summed E-state index contributed by atoms with van der Waals surface area (Å²) in [5.41, 5.74) is 2.06. The highest BCUT2D eigenvalue weighted by Gasteiger charge is 2.06. The van der Waals surface area contributed by atoms with Crippen LogP contribution in [0.25, 0.3) is 0 Å². The summed E-state index contributed by atoms with van der Waals surface area (Å²) in [6, 6.07) is 10.4. The zero-order valence-electron chi connectivity index (χ0n) is 12.6. The van der Waals surface area contributed by atoms with E-state index in [1.165, 1.54) is 10.4 Å². The Labute approximate surface area is 150 Å². The first kappa shape index (κ1) is 19.2. The first-order chi connectivity index (χ1) is 10.1. The van der Waals surface area contributed by atoms with E-state index >= 15 is 0 Å². The van der Waals surface area contributed by atoms with E-state index in [9.17, 15) is 4.79 Å². The largest absolute Gasteiger partial charge is 0.326 e. The Morgan fingerprint density at radius 3 is 2.55 bits per heavy atom. The van der Waals surface area contributed by atoms with Gasteiger partial charge in [0, 0.05) is 39.4 Å². The van der Waals surface area contributed by atoms with Gasteiger partial charge < -0.3 is 10.6 Å². The molecule has 0 radical (unpaired) electrons. The number of hydrogen-bond acceptors (Lipinski definition) is 3. The first-order valence-corrected chi connectivity index (χ1v) is 8.62. The fraction of sp³-hybridized carbons (Fsp3) is 0.312. The van der Waals surface area contributed by atoms with Crippen molar-refractivity contribution < 1.29 is 4.79 Å². The van der Waals surface area contributed by atoms with Gasteiger partial charge in [-0.25, -0.2) is 0 Å². The van der Waals surface area contributed by atoms with E-state index in [-0.39, 0.29) is 24.4 Å². The summed E-state index contributed by atoms with van der Waals surface area (Å²) in [7, 11) is 0. The molecule has 0 aliphatic carbocycles. The lowest BCUT2D eigenvalue weighted by Gasteiger charge is -2.14. The molecule has 120 valence electrons. The molecule has 22 heavy (non-hydrogen) atoms. The normalized spacial score (nSPS) is 11.6. The smallest absolute Gasteiger partial charge is 0.224 e. The van der Waals surface area contributed by atoms with Crippen LogP contribution in [-0.2, 0) is 11.3 Å². The fourth-order valence-electron chi connectivity index (χ4n) is 1.92. The Bertz CT molecular complexity index is 600. The highest BCUT2D eigenvalue weighted by atomic mass is 79.9. The van der Waals surface area contributed by atoms with Crippen molar-refractivity contribution in [2.45, 2.75) is 32.9 Å². The molecular formula is C16H20BrClN2OS. The van der Waals surface area contributed by atoms with Crippen LogP contribution in [0.3, 0.4) is 0 Å². The predicted molar refractivity (Wildman–Crippen MR) is 99.9 cm³/mol. The van der Waals surface area contributed by atoms with Gasteiger partial charge >= 0.3 is 0 Å². The minimum Gasteiger partial charge on any atom is -0.326 e. The minimum absolute atomic E-state index is 0. The van der Waals surface area contributed by atoms with Gasteiger partial charge in [0.25, 0.3) is 0 Å². The monoisotopic (exact) mass is 402 g/mol. The molecule has 0 spiro atoms. The quantitative estimate of drug-likeness (QED) is 0.702. The molecule has 0 aliphatic heterocycles. The van der Waals surface area contributed by atoms with Gasteiger partial charge in [-0.05, 0) is 46.6 Å². The maximum absolute atomic E-state index is 11.3. The van der Waals surface area contributed by atoms with Crippen LogP contribution in [-0.4, -0.2) is 5.91 Å². The summed E-state index contributed by atoms with van der Waals surface area (Å²) in [5, 5.41) is 8.45. The maximum Gasteiger partial charge on any atom is 0.224 e. The van der Waals surface area contributed by atoms with E-state index in [4.69, 9.17) is 0 Å². The van der Waals surface area contributed by atoms with Crippen molar-refractivity contribution in [3.8, 4) is 0 Å². The molecular weight excluding hydrogens is 384 g/mol. The van der Waals surface area contributed by atoms with Crippen LogP contribution in [0.5, 0.6) is 0 Å². The Morgan fingerprint density at radius 2 is 2.00 bits per heavy atom. The SMILES string of the molecule is CCC(=O)Nc1ccc(C(C)NCc2cc(Br)cs2)cc1.Cl. The van der Waals surface area contributed by atoms with Crippen LogP contribution < -0.4 is 10.6 Å². The number of nitrogens with one attached hydrogen (secondary N) is 2. The maximum atomic E-state index is 11.3. The lowest BCUT2D eigenvalue weighted by Crippen LogP contribution is -2.17. The molecule has 3 nitrogen and oxygen atoms in total. The van der Waals surface area contributed by atoms with Crippen LogP contribution in [0, 0.1) is 0 Å². The number of hydrogen-bond donors (Lipinski definition) is 2. The Kier molecular flexibility index (Phi) is 8.10. The third-order valence-electron chi connectivity index (χ3n) is 3.22. The molecule has 0 saturated heterocycles. The third-order valence-corrected chi connectivity index (χ3v) is 4.92. The molecule has 1 amide bonds. The molecule has 0 saturated carbocycles. The molecule has 2 rings (SSSR count). The third kappa shape index (κ3) is 5.72. The zero-order chi connectivity index (χ0) is 15.2. The number of benzene rings is 1. The molecule has 1 unspecified atom stereocenters. The van der Waals surface area contributed by atoms with Crippen LogP contribution in [0.1, 0.15) is 36.8 Å². The fourth-order valence-corrected chi connectivity index (χ4v) is 3.32. The molecule has 1 aromatic heterocycles. The number of amides is 1. The first-order valence-electron chi connectivity index (χ1n) is 6.94. The van der Waals surface area contributed by atoms with E-state index in [1.54, 1.807) is 11.3 Å². The van der Waals surface area contributed by atoms with Crippen molar-refractivity contribution in [1.82, 2.24) is 5.32 Å². The van der Waals surface area contributed by atoms with Crippen molar-refractivity contribution in [3.63, 3.8) is 0 Å². The summed E-state index contributed by atoms with van der Waals surface area (Å²) in [5.74, 6) is 0.0391. The van der Waals surface area contributed by atoms with Gasteiger partial charge in [0.2, 0.25) is 5.91 Å². The molecule has 1 aromatic carbocycles. The molecule has 1 heterocycles. The second-order valence-electron chi connectivity index (χ2n) is 4.86.